The van der Waals surface area contributed by atoms with Crippen molar-refractivity contribution in [3.63, 3.8) is 0 Å². The zero-order valence-corrected chi connectivity index (χ0v) is 9.90. The van der Waals surface area contributed by atoms with Crippen LogP contribution in [0.25, 0.3) is 0 Å². The van der Waals surface area contributed by atoms with Gasteiger partial charge in [-0.25, -0.2) is 4.79 Å². The summed E-state index contributed by atoms with van der Waals surface area (Å²) in [6.45, 7) is 5.47. The van der Waals surface area contributed by atoms with Crippen LogP contribution in [-0.2, 0) is 11.2 Å². The average Bonchev–Trinajstić information content (AvgIpc) is 2.17. The molecule has 0 radical (unpaired) electrons. The first-order valence-electron chi connectivity index (χ1n) is 5.37. The Hall–Kier alpha value is -1.35. The summed E-state index contributed by atoms with van der Waals surface area (Å²) in [6.07, 6.45) is 0.128. The summed E-state index contributed by atoms with van der Waals surface area (Å²) in [5.74, 6) is -0.794. The van der Waals surface area contributed by atoms with Gasteiger partial charge in [-0.2, -0.15) is 0 Å². The van der Waals surface area contributed by atoms with Crippen molar-refractivity contribution in [2.24, 2.45) is 0 Å². The van der Waals surface area contributed by atoms with Crippen molar-refractivity contribution in [1.29, 1.82) is 0 Å². The van der Waals surface area contributed by atoms with Crippen LogP contribution in [0.4, 0.5) is 0 Å². The Balaban J connectivity index is 2.90. The Morgan fingerprint density at radius 3 is 2.56 bits per heavy atom. The van der Waals surface area contributed by atoms with E-state index in [1.54, 1.807) is 0 Å². The van der Waals surface area contributed by atoms with Crippen molar-refractivity contribution in [2.45, 2.75) is 38.7 Å². The van der Waals surface area contributed by atoms with E-state index in [0.717, 1.165) is 11.1 Å². The van der Waals surface area contributed by atoms with Gasteiger partial charge in [-0.3, -0.25) is 0 Å². The quantitative estimate of drug-likeness (QED) is 0.821. The first-order valence-corrected chi connectivity index (χ1v) is 5.37. The summed E-state index contributed by atoms with van der Waals surface area (Å²) >= 11 is 0. The lowest BCUT2D eigenvalue weighted by atomic mass is 9.93. The molecule has 0 heterocycles. The fraction of sp³-hybridized carbons (Fsp3) is 0.462. The maximum atomic E-state index is 10.8. The maximum absolute atomic E-state index is 10.8. The molecule has 0 fully saturated rings. The van der Waals surface area contributed by atoms with E-state index in [9.17, 15) is 9.90 Å². The lowest BCUT2D eigenvalue weighted by Gasteiger charge is -2.18. The molecule has 1 aromatic carbocycles. The van der Waals surface area contributed by atoms with Gasteiger partial charge in [-0.1, -0.05) is 38.1 Å². The normalized spacial score (nSPS) is 14.8. The summed E-state index contributed by atoms with van der Waals surface area (Å²) in [7, 11) is 0. The molecule has 3 nitrogen and oxygen atoms in total. The van der Waals surface area contributed by atoms with Crippen LogP contribution in [0.3, 0.4) is 0 Å². The van der Waals surface area contributed by atoms with Crippen molar-refractivity contribution in [1.82, 2.24) is 0 Å². The number of aliphatic hydroxyl groups is 1. The molecular formula is C13H18O3. The predicted octanol–water partition coefficient (Wildman–Crippen LogP) is 2.19. The van der Waals surface area contributed by atoms with Crippen molar-refractivity contribution in [3.05, 3.63) is 35.4 Å². The summed E-state index contributed by atoms with van der Waals surface area (Å²) in [5.41, 5.74) is 0.299. The summed E-state index contributed by atoms with van der Waals surface area (Å²) in [5, 5.41) is 18.5. The summed E-state index contributed by atoms with van der Waals surface area (Å²) in [4.78, 5) is 10.8. The minimum atomic E-state index is -1.70. The molecule has 1 unspecified atom stereocenters. The van der Waals surface area contributed by atoms with Crippen molar-refractivity contribution >= 4 is 5.97 Å². The number of carboxylic acids is 1. The fourth-order valence-electron chi connectivity index (χ4n) is 1.54. The molecule has 0 saturated heterocycles. The number of aliphatic carboxylic acids is 1. The van der Waals surface area contributed by atoms with E-state index in [1.165, 1.54) is 6.92 Å². The van der Waals surface area contributed by atoms with Crippen LogP contribution in [0.1, 0.15) is 37.8 Å². The van der Waals surface area contributed by atoms with Crippen LogP contribution in [0.2, 0.25) is 0 Å². The van der Waals surface area contributed by atoms with Gasteiger partial charge in [-0.05, 0) is 24.0 Å². The van der Waals surface area contributed by atoms with E-state index >= 15 is 0 Å². The fourth-order valence-corrected chi connectivity index (χ4v) is 1.54. The third-order valence-corrected chi connectivity index (χ3v) is 2.63. The van der Waals surface area contributed by atoms with E-state index in [1.807, 2.05) is 24.3 Å². The molecule has 0 spiro atoms. The van der Waals surface area contributed by atoms with Crippen LogP contribution in [-0.4, -0.2) is 21.8 Å². The molecule has 1 aromatic rings. The first-order chi connectivity index (χ1) is 7.33. The number of hydrogen-bond donors (Lipinski definition) is 2. The molecule has 0 bridgehead atoms. The standard InChI is InChI=1S/C13H18O3/c1-9(2)11-6-4-5-10(7-11)8-13(3,16)12(14)15/h4-7,9,16H,8H2,1-3H3,(H,14,15). The zero-order valence-electron chi connectivity index (χ0n) is 9.90. The zero-order chi connectivity index (χ0) is 12.3. The van der Waals surface area contributed by atoms with E-state index in [2.05, 4.69) is 13.8 Å². The highest BCUT2D eigenvalue weighted by molar-refractivity contribution is 5.76. The molecule has 0 aromatic heterocycles. The SMILES string of the molecule is CC(C)c1cccc(CC(C)(O)C(=O)O)c1. The molecule has 0 aliphatic heterocycles. The number of hydrogen-bond acceptors (Lipinski definition) is 2. The molecule has 1 rings (SSSR count). The Labute approximate surface area is 95.7 Å². The molecular weight excluding hydrogens is 204 g/mol. The van der Waals surface area contributed by atoms with Crippen LogP contribution < -0.4 is 0 Å². The minimum Gasteiger partial charge on any atom is -0.479 e. The first kappa shape index (κ1) is 12.7. The van der Waals surface area contributed by atoms with E-state index < -0.39 is 11.6 Å². The van der Waals surface area contributed by atoms with E-state index in [4.69, 9.17) is 5.11 Å². The third-order valence-electron chi connectivity index (χ3n) is 2.63. The van der Waals surface area contributed by atoms with Gasteiger partial charge in [0.25, 0.3) is 0 Å². The Bertz CT molecular complexity index is 381. The molecule has 0 saturated carbocycles. The van der Waals surface area contributed by atoms with Gasteiger partial charge in [0.05, 0.1) is 0 Å². The predicted molar refractivity (Wildman–Crippen MR) is 62.5 cm³/mol. The molecule has 16 heavy (non-hydrogen) atoms. The smallest absolute Gasteiger partial charge is 0.335 e. The van der Waals surface area contributed by atoms with Crippen molar-refractivity contribution in [3.8, 4) is 0 Å². The average molecular weight is 222 g/mol. The van der Waals surface area contributed by atoms with Crippen LogP contribution in [0, 0.1) is 0 Å². The highest BCUT2D eigenvalue weighted by Gasteiger charge is 2.29. The highest BCUT2D eigenvalue weighted by atomic mass is 16.4. The monoisotopic (exact) mass is 222 g/mol. The number of carbonyl (C=O) groups is 1. The molecule has 3 heteroatoms. The van der Waals surface area contributed by atoms with Gasteiger partial charge in [0.1, 0.15) is 0 Å². The van der Waals surface area contributed by atoms with Gasteiger partial charge in [0.2, 0.25) is 0 Å². The Kier molecular flexibility index (Phi) is 3.70. The van der Waals surface area contributed by atoms with Gasteiger partial charge >= 0.3 is 5.97 Å². The minimum absolute atomic E-state index is 0.128. The topological polar surface area (TPSA) is 57.5 Å². The largest absolute Gasteiger partial charge is 0.479 e. The van der Waals surface area contributed by atoms with Gasteiger partial charge in [0.15, 0.2) is 5.60 Å². The van der Waals surface area contributed by atoms with Crippen molar-refractivity contribution in [2.75, 3.05) is 0 Å². The summed E-state index contributed by atoms with van der Waals surface area (Å²) < 4.78 is 0. The second-order valence-corrected chi connectivity index (χ2v) is 4.66. The molecule has 2 N–H and O–H groups in total. The molecule has 0 aliphatic carbocycles. The second-order valence-electron chi connectivity index (χ2n) is 4.66. The Morgan fingerprint density at radius 2 is 2.06 bits per heavy atom. The van der Waals surface area contributed by atoms with Crippen LogP contribution >= 0.6 is 0 Å². The number of benzene rings is 1. The maximum Gasteiger partial charge on any atom is 0.335 e. The van der Waals surface area contributed by atoms with E-state index in [0.29, 0.717) is 5.92 Å². The molecule has 0 aliphatic rings. The third kappa shape index (κ3) is 3.07. The molecule has 1 atom stereocenters. The number of carboxylic acid groups (broad SMARTS) is 1. The van der Waals surface area contributed by atoms with E-state index in [-0.39, 0.29) is 6.42 Å². The van der Waals surface area contributed by atoms with Gasteiger partial charge < -0.3 is 10.2 Å². The molecule has 0 amide bonds. The number of rotatable bonds is 4. The lowest BCUT2D eigenvalue weighted by molar-refractivity contribution is -0.156. The lowest BCUT2D eigenvalue weighted by Crippen LogP contribution is -2.37. The summed E-state index contributed by atoms with van der Waals surface area (Å²) in [6, 6.07) is 7.68. The van der Waals surface area contributed by atoms with Crippen molar-refractivity contribution < 1.29 is 15.0 Å². The van der Waals surface area contributed by atoms with Crippen LogP contribution in [0.15, 0.2) is 24.3 Å². The highest BCUT2D eigenvalue weighted by Crippen LogP contribution is 2.19. The van der Waals surface area contributed by atoms with Crippen LogP contribution in [0.5, 0.6) is 0 Å². The Morgan fingerprint density at radius 1 is 1.44 bits per heavy atom. The second kappa shape index (κ2) is 4.66. The van der Waals surface area contributed by atoms with Gasteiger partial charge in [-0.15, -0.1) is 0 Å². The van der Waals surface area contributed by atoms with Gasteiger partial charge in [0, 0.05) is 6.42 Å². The molecule has 88 valence electrons.